The molecule has 0 aliphatic rings. The molecule has 5 rings (SSSR count). The molecule has 0 amide bonds. The van der Waals surface area contributed by atoms with Gasteiger partial charge in [0, 0.05) is 20.8 Å². The molecule has 0 saturated heterocycles. The van der Waals surface area contributed by atoms with Crippen molar-refractivity contribution in [2.24, 2.45) is 0 Å². The summed E-state index contributed by atoms with van der Waals surface area (Å²) in [6.07, 6.45) is 0. The maximum Gasteiger partial charge on any atom is 0.336 e. The third kappa shape index (κ3) is 2.07. The molecule has 0 radical (unpaired) electrons. The number of hydrogen-bond acceptors (Lipinski definition) is 2. The van der Waals surface area contributed by atoms with Crippen LogP contribution in [-0.2, 0) is 0 Å². The number of hydrogen-bond donors (Lipinski definition) is 2. The number of carboxylic acids is 2. The van der Waals surface area contributed by atoms with Crippen molar-refractivity contribution in [2.45, 2.75) is 0 Å². The lowest BCUT2D eigenvalue weighted by Crippen LogP contribution is -2.01. The number of halogens is 2. The minimum Gasteiger partial charge on any atom is -0.478 e. The fourth-order valence-electron chi connectivity index (χ4n) is 4.16. The monoisotopic (exact) mass is 408 g/mol. The molecule has 0 saturated carbocycles. The van der Waals surface area contributed by atoms with Crippen LogP contribution in [0.15, 0.2) is 48.5 Å². The summed E-state index contributed by atoms with van der Waals surface area (Å²) in [5.74, 6) is -2.11. The lowest BCUT2D eigenvalue weighted by atomic mass is 9.87. The zero-order chi connectivity index (χ0) is 19.7. The van der Waals surface area contributed by atoms with Gasteiger partial charge in [-0.25, -0.2) is 9.59 Å². The highest BCUT2D eigenvalue weighted by molar-refractivity contribution is 6.45. The van der Waals surface area contributed by atoms with Gasteiger partial charge in [0.1, 0.15) is 0 Å². The maximum atomic E-state index is 11.8. The molecule has 6 heteroatoms. The van der Waals surface area contributed by atoms with E-state index in [2.05, 4.69) is 0 Å². The topological polar surface area (TPSA) is 74.6 Å². The summed E-state index contributed by atoms with van der Waals surface area (Å²) in [6, 6.07) is 13.5. The molecule has 28 heavy (non-hydrogen) atoms. The standard InChI is InChI=1S/C22H10Cl2O4/c23-15-8-6-12-10-2-4-14(22(27)28)20-16(24)7-5-11(18(10)20)9-1-3-13(21(25)26)19(15)17(9)12/h1-8H,(H,25,26)(H,27,28). The van der Waals surface area contributed by atoms with E-state index in [1.54, 1.807) is 24.3 Å². The van der Waals surface area contributed by atoms with Crippen LogP contribution in [0.4, 0.5) is 0 Å². The molecule has 5 aromatic carbocycles. The second-order valence-corrected chi connectivity index (χ2v) is 7.44. The van der Waals surface area contributed by atoms with Crippen molar-refractivity contribution in [1.29, 1.82) is 0 Å². The molecule has 0 aliphatic carbocycles. The van der Waals surface area contributed by atoms with E-state index in [1.807, 2.05) is 12.1 Å². The van der Waals surface area contributed by atoms with Crippen LogP contribution in [0.2, 0.25) is 10.0 Å². The van der Waals surface area contributed by atoms with E-state index in [4.69, 9.17) is 23.2 Å². The second-order valence-electron chi connectivity index (χ2n) is 6.62. The lowest BCUT2D eigenvalue weighted by Gasteiger charge is -2.17. The quantitative estimate of drug-likeness (QED) is 0.260. The van der Waals surface area contributed by atoms with Gasteiger partial charge < -0.3 is 10.2 Å². The summed E-state index contributed by atoms with van der Waals surface area (Å²) >= 11 is 12.8. The Kier molecular flexibility index (Phi) is 3.48. The third-order valence-electron chi connectivity index (χ3n) is 5.26. The van der Waals surface area contributed by atoms with Gasteiger partial charge in [-0.15, -0.1) is 0 Å². The van der Waals surface area contributed by atoms with E-state index in [9.17, 15) is 19.8 Å². The van der Waals surface area contributed by atoms with Crippen LogP contribution < -0.4 is 0 Å². The van der Waals surface area contributed by atoms with Crippen molar-refractivity contribution in [3.05, 3.63) is 69.7 Å². The van der Waals surface area contributed by atoms with Crippen molar-refractivity contribution in [1.82, 2.24) is 0 Å². The van der Waals surface area contributed by atoms with Gasteiger partial charge in [-0.05, 0) is 56.6 Å². The predicted octanol–water partition coefficient (Wildman–Crippen LogP) is 6.44. The van der Waals surface area contributed by atoms with E-state index >= 15 is 0 Å². The molecule has 0 heterocycles. The third-order valence-corrected chi connectivity index (χ3v) is 5.89. The first-order valence-electron chi connectivity index (χ1n) is 8.38. The minimum absolute atomic E-state index is 0.126. The van der Waals surface area contributed by atoms with Crippen LogP contribution >= 0.6 is 23.2 Å². The van der Waals surface area contributed by atoms with Crippen LogP contribution in [0, 0.1) is 0 Å². The highest BCUT2D eigenvalue weighted by atomic mass is 35.5. The number of benzene rings is 5. The van der Waals surface area contributed by atoms with Crippen LogP contribution in [0.5, 0.6) is 0 Å². The predicted molar refractivity (Wildman–Crippen MR) is 112 cm³/mol. The molecule has 0 aromatic heterocycles. The summed E-state index contributed by atoms with van der Waals surface area (Å²) < 4.78 is 0. The zero-order valence-corrected chi connectivity index (χ0v) is 15.6. The molecular weight excluding hydrogens is 399 g/mol. The van der Waals surface area contributed by atoms with Gasteiger partial charge in [-0.3, -0.25) is 0 Å². The Balaban J connectivity index is 2.18. The van der Waals surface area contributed by atoms with Crippen LogP contribution in [0.3, 0.4) is 0 Å². The van der Waals surface area contributed by atoms with Crippen molar-refractivity contribution in [2.75, 3.05) is 0 Å². The fourth-order valence-corrected chi connectivity index (χ4v) is 4.68. The van der Waals surface area contributed by atoms with Crippen LogP contribution in [0.1, 0.15) is 20.7 Å². The summed E-state index contributed by atoms with van der Waals surface area (Å²) in [5, 5.41) is 25.6. The SMILES string of the molecule is O=C(O)c1ccc2c3ccc(Cl)c4c(C(=O)O)ccc(c5ccc(Cl)c1c52)c43. The van der Waals surface area contributed by atoms with Crippen molar-refractivity contribution in [3.8, 4) is 0 Å². The summed E-state index contributed by atoms with van der Waals surface area (Å²) in [7, 11) is 0. The molecular formula is C22H10Cl2O4. The zero-order valence-electron chi connectivity index (χ0n) is 14.1. The Morgan fingerprint density at radius 1 is 0.536 bits per heavy atom. The molecule has 0 aliphatic heterocycles. The second kappa shape index (κ2) is 5.71. The van der Waals surface area contributed by atoms with Crippen molar-refractivity contribution in [3.63, 3.8) is 0 Å². The molecule has 0 atom stereocenters. The number of carbonyl (C=O) groups is 2. The molecule has 4 nitrogen and oxygen atoms in total. The fraction of sp³-hybridized carbons (Fsp3) is 0. The molecule has 0 bridgehead atoms. The Hall–Kier alpha value is -3.08. The van der Waals surface area contributed by atoms with Crippen LogP contribution in [-0.4, -0.2) is 22.2 Å². The highest BCUT2D eigenvalue weighted by Gasteiger charge is 2.22. The average molecular weight is 409 g/mol. The Morgan fingerprint density at radius 3 is 1.18 bits per heavy atom. The Bertz CT molecular complexity index is 1350. The van der Waals surface area contributed by atoms with E-state index in [0.717, 1.165) is 32.3 Å². The maximum absolute atomic E-state index is 11.8. The summed E-state index contributed by atoms with van der Waals surface area (Å²) in [5.41, 5.74) is 0.253. The smallest absolute Gasteiger partial charge is 0.336 e. The van der Waals surface area contributed by atoms with Gasteiger partial charge in [0.25, 0.3) is 0 Å². The normalized spacial score (nSPS) is 11.8. The van der Waals surface area contributed by atoms with Crippen LogP contribution in [0.25, 0.3) is 43.1 Å². The van der Waals surface area contributed by atoms with Gasteiger partial charge in [0.15, 0.2) is 0 Å². The summed E-state index contributed by atoms with van der Waals surface area (Å²) in [4.78, 5) is 23.5. The number of aromatic carboxylic acids is 2. The molecule has 5 aromatic rings. The first-order valence-corrected chi connectivity index (χ1v) is 9.13. The van der Waals surface area contributed by atoms with Crippen molar-refractivity contribution >= 4 is 78.2 Å². The molecule has 0 spiro atoms. The minimum atomic E-state index is -1.06. The Morgan fingerprint density at radius 2 is 0.857 bits per heavy atom. The van der Waals surface area contributed by atoms with Gasteiger partial charge in [-0.1, -0.05) is 47.5 Å². The molecule has 136 valence electrons. The molecule has 0 fully saturated rings. The van der Waals surface area contributed by atoms with E-state index in [1.165, 1.54) is 12.1 Å². The number of fused-ring (bicyclic) bond motifs is 2. The Labute approximate surface area is 167 Å². The van der Waals surface area contributed by atoms with Gasteiger partial charge in [-0.2, -0.15) is 0 Å². The van der Waals surface area contributed by atoms with Gasteiger partial charge in [0.2, 0.25) is 0 Å². The van der Waals surface area contributed by atoms with E-state index in [0.29, 0.717) is 20.8 Å². The first kappa shape index (κ1) is 17.0. The highest BCUT2D eigenvalue weighted by Crippen LogP contribution is 2.45. The average Bonchev–Trinajstić information content (AvgIpc) is 2.67. The molecule has 2 N–H and O–H groups in total. The summed E-state index contributed by atoms with van der Waals surface area (Å²) in [6.45, 7) is 0. The first-order chi connectivity index (χ1) is 13.4. The molecule has 0 unspecified atom stereocenters. The van der Waals surface area contributed by atoms with Crippen molar-refractivity contribution < 1.29 is 19.8 Å². The van der Waals surface area contributed by atoms with E-state index in [-0.39, 0.29) is 11.1 Å². The largest absolute Gasteiger partial charge is 0.478 e. The van der Waals surface area contributed by atoms with Gasteiger partial charge >= 0.3 is 11.9 Å². The van der Waals surface area contributed by atoms with E-state index < -0.39 is 11.9 Å². The van der Waals surface area contributed by atoms with Gasteiger partial charge in [0.05, 0.1) is 11.1 Å². The number of carboxylic acid groups (broad SMARTS) is 2. The number of rotatable bonds is 2. The lowest BCUT2D eigenvalue weighted by molar-refractivity contribution is 0.0688.